The Bertz CT molecular complexity index is 1040. The Morgan fingerprint density at radius 1 is 0.926 bits per heavy atom. The summed E-state index contributed by atoms with van der Waals surface area (Å²) in [7, 11) is 0. The summed E-state index contributed by atoms with van der Waals surface area (Å²) >= 11 is 0. The second kappa shape index (κ2) is 7.23. The Balaban J connectivity index is 1.44. The Morgan fingerprint density at radius 2 is 1.63 bits per heavy atom. The third-order valence-corrected chi connectivity index (χ3v) is 5.02. The molecular formula is C21H20FN3O2. The Kier molecular flexibility index (Phi) is 4.62. The number of anilines is 1. The number of nitrogens with zero attached hydrogens (tertiary/aromatic N) is 3. The topological polar surface area (TPSA) is 45.6 Å². The van der Waals surface area contributed by atoms with Crippen LogP contribution in [0.25, 0.3) is 10.8 Å². The largest absolute Gasteiger partial charge is 0.366 e. The molecule has 0 saturated carbocycles. The third kappa shape index (κ3) is 3.43. The first-order chi connectivity index (χ1) is 13.1. The minimum absolute atomic E-state index is 0.0172. The number of amides is 1. The molecule has 6 heteroatoms. The molecule has 0 bridgehead atoms. The van der Waals surface area contributed by atoms with Crippen molar-refractivity contribution in [1.82, 2.24) is 9.47 Å². The van der Waals surface area contributed by atoms with E-state index in [0.717, 1.165) is 5.39 Å². The van der Waals surface area contributed by atoms with Gasteiger partial charge >= 0.3 is 0 Å². The zero-order valence-electron chi connectivity index (χ0n) is 14.8. The molecule has 1 aromatic heterocycles. The molecule has 1 aliphatic rings. The fourth-order valence-electron chi connectivity index (χ4n) is 3.50. The fourth-order valence-corrected chi connectivity index (χ4v) is 3.50. The predicted molar refractivity (Wildman–Crippen MR) is 103 cm³/mol. The zero-order chi connectivity index (χ0) is 18.8. The summed E-state index contributed by atoms with van der Waals surface area (Å²) in [6.07, 6.45) is 1.66. The van der Waals surface area contributed by atoms with Crippen LogP contribution in [0.3, 0.4) is 0 Å². The Hall–Kier alpha value is -3.15. The van der Waals surface area contributed by atoms with E-state index in [-0.39, 0.29) is 23.8 Å². The second-order valence-electron chi connectivity index (χ2n) is 6.66. The maximum absolute atomic E-state index is 13.9. The number of piperazine rings is 1. The molecule has 4 rings (SSSR count). The van der Waals surface area contributed by atoms with Gasteiger partial charge in [0.1, 0.15) is 12.4 Å². The number of hydrogen-bond donors (Lipinski definition) is 0. The number of aromatic nitrogens is 1. The number of carbonyl (C=O) groups excluding carboxylic acids is 1. The lowest BCUT2D eigenvalue weighted by molar-refractivity contribution is -0.132. The van der Waals surface area contributed by atoms with Crippen molar-refractivity contribution < 1.29 is 9.18 Å². The van der Waals surface area contributed by atoms with Gasteiger partial charge in [-0.15, -0.1) is 0 Å². The summed E-state index contributed by atoms with van der Waals surface area (Å²) in [5.74, 6) is -0.347. The van der Waals surface area contributed by atoms with Crippen LogP contribution in [-0.2, 0) is 11.3 Å². The molecule has 1 amide bonds. The van der Waals surface area contributed by atoms with Crippen LogP contribution in [0.1, 0.15) is 0 Å². The molecule has 2 aromatic carbocycles. The van der Waals surface area contributed by atoms with Crippen molar-refractivity contribution in [3.8, 4) is 0 Å². The van der Waals surface area contributed by atoms with Crippen LogP contribution in [0.4, 0.5) is 10.1 Å². The molecular weight excluding hydrogens is 345 g/mol. The quantitative estimate of drug-likeness (QED) is 0.716. The molecule has 1 fully saturated rings. The van der Waals surface area contributed by atoms with Crippen molar-refractivity contribution in [1.29, 1.82) is 0 Å². The van der Waals surface area contributed by atoms with Crippen LogP contribution < -0.4 is 10.5 Å². The number of halogens is 1. The molecule has 0 atom stereocenters. The molecule has 1 saturated heterocycles. The van der Waals surface area contributed by atoms with Crippen molar-refractivity contribution >= 4 is 22.4 Å². The standard InChI is InChI=1S/C21H20FN3O2/c22-18-7-3-4-8-19(18)23-11-13-24(14-12-23)20(26)15-25-10-9-16-5-1-2-6-17(16)21(25)27/h1-10H,11-15H2. The maximum atomic E-state index is 13.9. The van der Waals surface area contributed by atoms with Gasteiger partial charge < -0.3 is 14.4 Å². The van der Waals surface area contributed by atoms with Gasteiger partial charge in [-0.1, -0.05) is 30.3 Å². The summed E-state index contributed by atoms with van der Waals surface area (Å²) in [5.41, 5.74) is 0.404. The monoisotopic (exact) mass is 365 g/mol. The van der Waals surface area contributed by atoms with Crippen molar-refractivity contribution in [3.05, 3.63) is 77.0 Å². The van der Waals surface area contributed by atoms with Crippen molar-refractivity contribution in [2.24, 2.45) is 0 Å². The van der Waals surface area contributed by atoms with Crippen LogP contribution in [0.5, 0.6) is 0 Å². The van der Waals surface area contributed by atoms with Gasteiger partial charge in [0.25, 0.3) is 5.56 Å². The zero-order valence-corrected chi connectivity index (χ0v) is 14.8. The van der Waals surface area contributed by atoms with E-state index < -0.39 is 0 Å². The van der Waals surface area contributed by atoms with E-state index in [2.05, 4.69) is 0 Å². The SMILES string of the molecule is O=C(Cn1ccc2ccccc2c1=O)N1CCN(c2ccccc2F)CC1. The van der Waals surface area contributed by atoms with Gasteiger partial charge in [0.05, 0.1) is 5.69 Å². The van der Waals surface area contributed by atoms with E-state index in [1.165, 1.54) is 10.6 Å². The molecule has 0 spiro atoms. The molecule has 5 nitrogen and oxygen atoms in total. The van der Waals surface area contributed by atoms with Crippen molar-refractivity contribution in [3.63, 3.8) is 0 Å². The third-order valence-electron chi connectivity index (χ3n) is 5.02. The number of para-hydroxylation sites is 1. The highest BCUT2D eigenvalue weighted by Crippen LogP contribution is 2.20. The van der Waals surface area contributed by atoms with Crippen LogP contribution in [0, 0.1) is 5.82 Å². The van der Waals surface area contributed by atoms with Crippen LogP contribution in [0.2, 0.25) is 0 Å². The van der Waals surface area contributed by atoms with Gasteiger partial charge in [0.15, 0.2) is 0 Å². The predicted octanol–water partition coefficient (Wildman–Crippen LogP) is 2.49. The van der Waals surface area contributed by atoms with E-state index in [1.54, 1.807) is 29.3 Å². The van der Waals surface area contributed by atoms with E-state index >= 15 is 0 Å². The molecule has 0 aliphatic carbocycles. The highest BCUT2D eigenvalue weighted by Gasteiger charge is 2.23. The van der Waals surface area contributed by atoms with Gasteiger partial charge in [0.2, 0.25) is 5.91 Å². The molecule has 27 heavy (non-hydrogen) atoms. The molecule has 3 aromatic rings. The summed E-state index contributed by atoms with van der Waals surface area (Å²) in [5, 5.41) is 1.47. The smallest absolute Gasteiger partial charge is 0.258 e. The molecule has 138 valence electrons. The number of rotatable bonds is 3. The van der Waals surface area contributed by atoms with E-state index in [0.29, 0.717) is 37.3 Å². The van der Waals surface area contributed by atoms with E-state index in [9.17, 15) is 14.0 Å². The van der Waals surface area contributed by atoms with Gasteiger partial charge in [-0.25, -0.2) is 4.39 Å². The first-order valence-electron chi connectivity index (χ1n) is 8.99. The van der Waals surface area contributed by atoms with Gasteiger partial charge in [0, 0.05) is 37.8 Å². The normalized spacial score (nSPS) is 14.6. The van der Waals surface area contributed by atoms with Crippen LogP contribution in [-0.4, -0.2) is 41.6 Å². The molecule has 2 heterocycles. The lowest BCUT2D eigenvalue weighted by Crippen LogP contribution is -2.50. The summed E-state index contributed by atoms with van der Waals surface area (Å²) in [6, 6.07) is 15.9. The average molecular weight is 365 g/mol. The number of pyridine rings is 1. The highest BCUT2D eigenvalue weighted by molar-refractivity contribution is 5.82. The first kappa shape index (κ1) is 17.3. The van der Waals surface area contributed by atoms with E-state index in [4.69, 9.17) is 0 Å². The van der Waals surface area contributed by atoms with Gasteiger partial charge in [-0.05, 0) is 29.7 Å². The lowest BCUT2D eigenvalue weighted by atomic mass is 10.2. The Labute approximate surface area is 156 Å². The minimum Gasteiger partial charge on any atom is -0.366 e. The first-order valence-corrected chi connectivity index (χ1v) is 8.99. The number of fused-ring (bicyclic) bond motifs is 1. The molecule has 0 N–H and O–H groups in total. The maximum Gasteiger partial charge on any atom is 0.258 e. The molecule has 0 unspecified atom stereocenters. The second-order valence-corrected chi connectivity index (χ2v) is 6.66. The van der Waals surface area contributed by atoms with Crippen molar-refractivity contribution in [2.75, 3.05) is 31.1 Å². The highest BCUT2D eigenvalue weighted by atomic mass is 19.1. The molecule has 0 radical (unpaired) electrons. The molecule has 1 aliphatic heterocycles. The number of benzene rings is 2. The number of hydrogen-bond acceptors (Lipinski definition) is 3. The fraction of sp³-hybridized carbons (Fsp3) is 0.238. The van der Waals surface area contributed by atoms with Crippen LogP contribution in [0.15, 0.2) is 65.6 Å². The summed E-state index contributed by atoms with van der Waals surface area (Å²) in [4.78, 5) is 28.9. The van der Waals surface area contributed by atoms with Gasteiger partial charge in [-0.2, -0.15) is 0 Å². The lowest BCUT2D eigenvalue weighted by Gasteiger charge is -2.36. The average Bonchev–Trinajstić information content (AvgIpc) is 2.71. The Morgan fingerprint density at radius 3 is 2.41 bits per heavy atom. The van der Waals surface area contributed by atoms with Gasteiger partial charge in [-0.3, -0.25) is 9.59 Å². The van der Waals surface area contributed by atoms with Crippen molar-refractivity contribution in [2.45, 2.75) is 6.54 Å². The minimum atomic E-state index is -0.250. The van der Waals surface area contributed by atoms with E-state index in [1.807, 2.05) is 35.2 Å². The van der Waals surface area contributed by atoms with Crippen LogP contribution >= 0.6 is 0 Å². The number of carbonyl (C=O) groups is 1. The summed E-state index contributed by atoms with van der Waals surface area (Å²) in [6.45, 7) is 2.17. The summed E-state index contributed by atoms with van der Waals surface area (Å²) < 4.78 is 15.4.